The molecule has 1 N–H and O–H groups in total. The molecule has 10 heteroatoms. The first-order chi connectivity index (χ1) is 14.8. The van der Waals surface area contributed by atoms with E-state index in [0.29, 0.717) is 22.2 Å². The molecule has 3 heterocycles. The van der Waals surface area contributed by atoms with E-state index in [2.05, 4.69) is 27.1 Å². The van der Waals surface area contributed by atoms with Gasteiger partial charge in [-0.3, -0.25) is 9.78 Å². The quantitative estimate of drug-likeness (QED) is 0.502. The predicted octanol–water partition coefficient (Wildman–Crippen LogP) is 3.86. The van der Waals surface area contributed by atoms with E-state index in [0.717, 1.165) is 18.2 Å². The van der Waals surface area contributed by atoms with Crippen molar-refractivity contribution in [2.24, 2.45) is 0 Å². The van der Waals surface area contributed by atoms with Crippen molar-refractivity contribution in [2.75, 3.05) is 18.4 Å². The second-order valence-corrected chi connectivity index (χ2v) is 7.09. The molecule has 0 bridgehead atoms. The molecule has 0 unspecified atom stereocenters. The lowest BCUT2D eigenvalue weighted by Crippen LogP contribution is -2.31. The zero-order chi connectivity index (χ0) is 22.2. The Morgan fingerprint density at radius 2 is 1.90 bits per heavy atom. The number of pyridine rings is 1. The zero-order valence-corrected chi connectivity index (χ0v) is 16.1. The Hall–Kier alpha value is -3.56. The average molecular weight is 431 g/mol. The molecule has 3 aromatic rings. The van der Waals surface area contributed by atoms with E-state index >= 15 is 0 Å². The second-order valence-electron chi connectivity index (χ2n) is 7.09. The lowest BCUT2D eigenvalue weighted by Gasteiger charge is -2.17. The van der Waals surface area contributed by atoms with E-state index in [1.807, 2.05) is 0 Å². The summed E-state index contributed by atoms with van der Waals surface area (Å²) in [7, 11) is 0. The van der Waals surface area contributed by atoms with Gasteiger partial charge in [0.15, 0.2) is 5.82 Å². The molecule has 0 radical (unpaired) electrons. The van der Waals surface area contributed by atoms with Crippen LogP contribution in [0, 0.1) is 0 Å². The van der Waals surface area contributed by atoms with Gasteiger partial charge in [0.05, 0.1) is 18.2 Å². The van der Waals surface area contributed by atoms with E-state index in [1.165, 1.54) is 23.2 Å². The number of alkyl halides is 4. The number of fused-ring (bicyclic) bond motifs is 1. The van der Waals surface area contributed by atoms with Gasteiger partial charge in [0.2, 0.25) is 5.91 Å². The molecule has 0 aliphatic carbocycles. The summed E-state index contributed by atoms with van der Waals surface area (Å²) in [6.07, 6.45) is -3.09. The number of benzene rings is 1. The van der Waals surface area contributed by atoms with Crippen LogP contribution in [0.3, 0.4) is 0 Å². The van der Waals surface area contributed by atoms with E-state index < -0.39 is 24.0 Å². The first-order valence-electron chi connectivity index (χ1n) is 9.39. The summed E-state index contributed by atoms with van der Waals surface area (Å²) in [5.74, 6) is -0.0819. The van der Waals surface area contributed by atoms with Gasteiger partial charge in [0, 0.05) is 23.7 Å². The normalized spacial score (nSPS) is 18.9. The van der Waals surface area contributed by atoms with Crippen molar-refractivity contribution < 1.29 is 22.4 Å². The fraction of sp³-hybridized carbons (Fsp3) is 0.238. The molecule has 1 amide bonds. The molecule has 4 rings (SSSR count). The molecule has 0 spiro atoms. The Morgan fingerprint density at radius 3 is 2.58 bits per heavy atom. The van der Waals surface area contributed by atoms with Crippen LogP contribution in [0.2, 0.25) is 0 Å². The third-order valence-electron chi connectivity index (χ3n) is 5.08. The van der Waals surface area contributed by atoms with Crippen molar-refractivity contribution in [3.05, 3.63) is 60.8 Å². The van der Waals surface area contributed by atoms with Gasteiger partial charge in [0.25, 0.3) is 0 Å². The van der Waals surface area contributed by atoms with Crippen LogP contribution in [0.4, 0.5) is 23.4 Å². The summed E-state index contributed by atoms with van der Waals surface area (Å²) in [4.78, 5) is 17.4. The number of nitrogens with one attached hydrogen (secondary N) is 1. The van der Waals surface area contributed by atoms with Crippen molar-refractivity contribution in [1.82, 2.24) is 20.1 Å². The minimum Gasteiger partial charge on any atom is -0.360 e. The van der Waals surface area contributed by atoms with Crippen LogP contribution in [0.1, 0.15) is 5.56 Å². The number of hydrogen-bond acceptors (Lipinski definition) is 5. The highest BCUT2D eigenvalue weighted by Crippen LogP contribution is 2.33. The van der Waals surface area contributed by atoms with Crippen molar-refractivity contribution in [3.8, 4) is 11.3 Å². The van der Waals surface area contributed by atoms with Crippen molar-refractivity contribution in [1.29, 1.82) is 0 Å². The number of carbonyl (C=O) groups is 1. The second kappa shape index (κ2) is 7.93. The highest BCUT2D eigenvalue weighted by Gasteiger charge is 2.35. The molecule has 160 valence electrons. The van der Waals surface area contributed by atoms with Crippen LogP contribution in [0.5, 0.6) is 0 Å². The Kier molecular flexibility index (Phi) is 5.30. The summed E-state index contributed by atoms with van der Waals surface area (Å²) >= 11 is 0. The number of anilines is 1. The van der Waals surface area contributed by atoms with Crippen LogP contribution in [-0.2, 0) is 11.0 Å². The van der Waals surface area contributed by atoms with Gasteiger partial charge in [-0.15, -0.1) is 10.2 Å². The van der Waals surface area contributed by atoms with Crippen molar-refractivity contribution in [2.45, 2.75) is 18.4 Å². The molecule has 1 saturated heterocycles. The number of nitrogens with zero attached hydrogens (tertiary/aromatic N) is 4. The van der Waals surface area contributed by atoms with Gasteiger partial charge < -0.3 is 10.2 Å². The first kappa shape index (κ1) is 20.7. The molecule has 6 nitrogen and oxygen atoms in total. The van der Waals surface area contributed by atoms with Crippen LogP contribution in [0.15, 0.2) is 55.3 Å². The van der Waals surface area contributed by atoms with Gasteiger partial charge in [0.1, 0.15) is 17.4 Å². The Balaban J connectivity index is 1.66. The van der Waals surface area contributed by atoms with E-state index in [9.17, 15) is 22.4 Å². The minimum atomic E-state index is -4.44. The lowest BCUT2D eigenvalue weighted by molar-refractivity contribution is -0.137. The molecular formula is C21H17F4N5O. The third kappa shape index (κ3) is 4.05. The van der Waals surface area contributed by atoms with E-state index in [4.69, 9.17) is 0 Å². The van der Waals surface area contributed by atoms with E-state index in [-0.39, 0.29) is 24.8 Å². The SMILES string of the molecule is C=CC(=O)N1C[C@H](F)[C@H](Nc2nnc(-c3ccc(C(F)(F)F)cc3)c3ncccc23)C1. The number of likely N-dealkylation sites (tertiary alicyclic amines) is 1. The Labute approximate surface area is 174 Å². The molecule has 2 aromatic heterocycles. The molecular weight excluding hydrogens is 414 g/mol. The molecule has 0 saturated carbocycles. The monoisotopic (exact) mass is 431 g/mol. The maximum Gasteiger partial charge on any atom is 0.416 e. The fourth-order valence-corrected chi connectivity index (χ4v) is 3.49. The third-order valence-corrected chi connectivity index (χ3v) is 5.08. The predicted molar refractivity (Wildman–Crippen MR) is 107 cm³/mol. The summed E-state index contributed by atoms with van der Waals surface area (Å²) in [5.41, 5.74) is 0.366. The molecule has 2 atom stereocenters. The largest absolute Gasteiger partial charge is 0.416 e. The van der Waals surface area contributed by atoms with Crippen LogP contribution in [0.25, 0.3) is 22.2 Å². The topological polar surface area (TPSA) is 71.0 Å². The Morgan fingerprint density at radius 1 is 1.16 bits per heavy atom. The highest BCUT2D eigenvalue weighted by atomic mass is 19.4. The molecule has 1 aliphatic rings. The Bertz CT molecular complexity index is 1130. The van der Waals surface area contributed by atoms with Crippen LogP contribution < -0.4 is 5.32 Å². The molecule has 31 heavy (non-hydrogen) atoms. The smallest absolute Gasteiger partial charge is 0.360 e. The van der Waals surface area contributed by atoms with E-state index in [1.54, 1.807) is 12.1 Å². The molecule has 1 aliphatic heterocycles. The number of carbonyl (C=O) groups excluding carboxylic acids is 1. The minimum absolute atomic E-state index is 0.0598. The summed E-state index contributed by atoms with van der Waals surface area (Å²) in [6, 6.07) is 7.23. The van der Waals surface area contributed by atoms with Gasteiger partial charge in [-0.2, -0.15) is 13.2 Å². The highest BCUT2D eigenvalue weighted by molar-refractivity contribution is 5.97. The number of amides is 1. The van der Waals surface area contributed by atoms with Gasteiger partial charge in [-0.25, -0.2) is 4.39 Å². The summed E-state index contributed by atoms with van der Waals surface area (Å²) in [5, 5.41) is 11.8. The number of hydrogen-bond donors (Lipinski definition) is 1. The lowest BCUT2D eigenvalue weighted by atomic mass is 10.1. The standard InChI is InChI=1S/C21H17F4N5O/c1-2-17(31)30-10-15(22)16(11-30)27-20-14-4-3-9-26-19(14)18(28-29-20)12-5-7-13(8-6-12)21(23,24)25/h2-9,15-16H,1,10-11H2,(H,27,29)/t15-,16+/m0/s1. The number of halogens is 4. The average Bonchev–Trinajstić information content (AvgIpc) is 3.13. The maximum absolute atomic E-state index is 14.5. The van der Waals surface area contributed by atoms with Gasteiger partial charge in [-0.05, 0) is 30.3 Å². The maximum atomic E-state index is 14.5. The zero-order valence-electron chi connectivity index (χ0n) is 16.1. The number of rotatable bonds is 4. The van der Waals surface area contributed by atoms with Crippen LogP contribution in [-0.4, -0.2) is 51.3 Å². The number of aromatic nitrogens is 3. The molecule has 1 fully saturated rings. The first-order valence-corrected chi connectivity index (χ1v) is 9.39. The van der Waals surface area contributed by atoms with Crippen molar-refractivity contribution in [3.63, 3.8) is 0 Å². The van der Waals surface area contributed by atoms with Gasteiger partial charge >= 0.3 is 6.18 Å². The fourth-order valence-electron chi connectivity index (χ4n) is 3.49. The summed E-state index contributed by atoms with van der Waals surface area (Å²) in [6.45, 7) is 3.49. The van der Waals surface area contributed by atoms with Crippen molar-refractivity contribution >= 4 is 22.6 Å². The van der Waals surface area contributed by atoms with Crippen LogP contribution >= 0.6 is 0 Å². The van der Waals surface area contributed by atoms with Gasteiger partial charge in [-0.1, -0.05) is 18.7 Å². The molecule has 1 aromatic carbocycles. The summed E-state index contributed by atoms with van der Waals surface area (Å²) < 4.78 is 53.0.